The number of rotatable bonds is 12. The number of benzene rings is 1. The van der Waals surface area contributed by atoms with Crippen LogP contribution in [0.1, 0.15) is 64.5 Å². The molecule has 0 saturated heterocycles. The molecule has 1 aromatic rings. The smallest absolute Gasteiger partial charge is 0.290 e. The monoisotopic (exact) mass is 404 g/mol. The number of hydrogen-bond acceptors (Lipinski definition) is 4. The molecule has 1 N–H and O–H groups in total. The molecule has 0 saturated carbocycles. The summed E-state index contributed by atoms with van der Waals surface area (Å²) in [5, 5.41) is 10.3. The van der Waals surface area contributed by atoms with Gasteiger partial charge in [-0.15, -0.1) is 0 Å². The van der Waals surface area contributed by atoms with Crippen LogP contribution in [0.2, 0.25) is 0 Å². The Balaban J connectivity index is 2.15. The van der Waals surface area contributed by atoms with E-state index >= 15 is 0 Å². The molecular formula is C23H33FN2O3. The Labute approximate surface area is 173 Å². The van der Waals surface area contributed by atoms with Gasteiger partial charge in [0.15, 0.2) is 11.5 Å². The van der Waals surface area contributed by atoms with Crippen LogP contribution < -0.4 is 0 Å². The number of halogens is 1. The van der Waals surface area contributed by atoms with E-state index < -0.39 is 23.5 Å². The highest BCUT2D eigenvalue weighted by molar-refractivity contribution is 6.08. The van der Waals surface area contributed by atoms with E-state index in [4.69, 9.17) is 0 Å². The van der Waals surface area contributed by atoms with Crippen molar-refractivity contribution < 1.29 is 19.1 Å². The molecule has 1 aliphatic rings. The molecule has 1 atom stereocenters. The average molecular weight is 405 g/mol. The average Bonchev–Trinajstić information content (AvgIpc) is 2.94. The van der Waals surface area contributed by atoms with Crippen molar-refractivity contribution in [1.29, 1.82) is 0 Å². The lowest BCUT2D eigenvalue weighted by molar-refractivity contribution is -0.129. The van der Waals surface area contributed by atoms with Gasteiger partial charge in [-0.25, -0.2) is 4.39 Å². The molecule has 1 amide bonds. The van der Waals surface area contributed by atoms with E-state index in [0.717, 1.165) is 51.7 Å². The van der Waals surface area contributed by atoms with E-state index in [9.17, 15) is 19.1 Å². The predicted molar refractivity (Wildman–Crippen MR) is 112 cm³/mol. The molecule has 1 heterocycles. The van der Waals surface area contributed by atoms with Gasteiger partial charge >= 0.3 is 0 Å². The van der Waals surface area contributed by atoms with E-state index in [0.29, 0.717) is 12.1 Å². The summed E-state index contributed by atoms with van der Waals surface area (Å²) in [6.07, 6.45) is 5.26. The molecule has 160 valence electrons. The number of aliphatic hydroxyl groups is 1. The first-order chi connectivity index (χ1) is 13.9. The molecular weight excluding hydrogens is 371 g/mol. The van der Waals surface area contributed by atoms with Gasteiger partial charge in [0.2, 0.25) is 0 Å². The van der Waals surface area contributed by atoms with Gasteiger partial charge in [-0.3, -0.25) is 9.59 Å². The predicted octanol–water partition coefficient (Wildman–Crippen LogP) is 4.40. The topological polar surface area (TPSA) is 60.9 Å². The van der Waals surface area contributed by atoms with Gasteiger partial charge in [-0.2, -0.15) is 0 Å². The van der Waals surface area contributed by atoms with Crippen molar-refractivity contribution in [3.05, 3.63) is 47.0 Å². The third kappa shape index (κ3) is 5.89. The van der Waals surface area contributed by atoms with Gasteiger partial charge in [0, 0.05) is 6.54 Å². The number of nitrogens with zero attached hydrogens (tertiary/aromatic N) is 2. The molecule has 0 spiro atoms. The van der Waals surface area contributed by atoms with Crippen LogP contribution in [0, 0.1) is 5.82 Å². The number of Topliss-reactive ketones (excluding diaryl/α,β-unsaturated/α-hetero) is 1. The largest absolute Gasteiger partial charge is 0.503 e. The maximum atomic E-state index is 13.8. The van der Waals surface area contributed by atoms with Crippen LogP contribution in [0.3, 0.4) is 0 Å². The van der Waals surface area contributed by atoms with Crippen LogP contribution >= 0.6 is 0 Å². The Morgan fingerprint density at radius 3 is 2.31 bits per heavy atom. The SMILES string of the molecule is CCCCN(CCCC)CCCN1C(=O)C(O)=C(C(C)=O)C1c1cccc(F)c1. The van der Waals surface area contributed by atoms with Gasteiger partial charge in [-0.1, -0.05) is 38.8 Å². The summed E-state index contributed by atoms with van der Waals surface area (Å²) in [7, 11) is 0. The first kappa shape index (κ1) is 23.1. The maximum absolute atomic E-state index is 13.8. The number of unbranched alkanes of at least 4 members (excludes halogenated alkanes) is 2. The molecule has 29 heavy (non-hydrogen) atoms. The Hall–Kier alpha value is -2.21. The molecule has 1 aliphatic heterocycles. The lowest BCUT2D eigenvalue weighted by Gasteiger charge is -2.28. The number of carbonyl (C=O) groups is 2. The minimum atomic E-state index is -0.740. The summed E-state index contributed by atoms with van der Waals surface area (Å²) in [6.45, 7) is 8.96. The summed E-state index contributed by atoms with van der Waals surface area (Å²) >= 11 is 0. The van der Waals surface area contributed by atoms with Crippen LogP contribution in [0.5, 0.6) is 0 Å². The molecule has 1 unspecified atom stereocenters. The first-order valence-corrected chi connectivity index (χ1v) is 10.6. The van der Waals surface area contributed by atoms with Gasteiger partial charge in [0.1, 0.15) is 5.82 Å². The third-order valence-electron chi connectivity index (χ3n) is 5.38. The third-order valence-corrected chi connectivity index (χ3v) is 5.38. The zero-order valence-electron chi connectivity index (χ0n) is 17.8. The second-order valence-electron chi connectivity index (χ2n) is 7.68. The van der Waals surface area contributed by atoms with Gasteiger partial charge < -0.3 is 14.9 Å². The normalized spacial score (nSPS) is 16.9. The van der Waals surface area contributed by atoms with Crippen molar-refractivity contribution in [2.24, 2.45) is 0 Å². The van der Waals surface area contributed by atoms with E-state index in [1.165, 1.54) is 24.0 Å². The zero-order chi connectivity index (χ0) is 21.4. The van der Waals surface area contributed by atoms with Gasteiger partial charge in [0.05, 0.1) is 11.6 Å². The molecule has 5 nitrogen and oxygen atoms in total. The minimum absolute atomic E-state index is 0.0504. The van der Waals surface area contributed by atoms with Crippen molar-refractivity contribution in [2.75, 3.05) is 26.2 Å². The molecule has 0 bridgehead atoms. The van der Waals surface area contributed by atoms with Crippen molar-refractivity contribution in [2.45, 2.75) is 58.9 Å². The molecule has 0 fully saturated rings. The van der Waals surface area contributed by atoms with E-state index in [1.54, 1.807) is 12.1 Å². The Morgan fingerprint density at radius 1 is 1.14 bits per heavy atom. The lowest BCUT2D eigenvalue weighted by Crippen LogP contribution is -2.35. The summed E-state index contributed by atoms with van der Waals surface area (Å²) in [5.41, 5.74) is 0.552. The number of hydrogen-bond donors (Lipinski definition) is 1. The number of ketones is 1. The summed E-state index contributed by atoms with van der Waals surface area (Å²) < 4.78 is 13.8. The van der Waals surface area contributed by atoms with Crippen molar-refractivity contribution in [3.63, 3.8) is 0 Å². The fraction of sp³-hybridized carbons (Fsp3) is 0.565. The fourth-order valence-corrected chi connectivity index (χ4v) is 3.83. The van der Waals surface area contributed by atoms with Gasteiger partial charge in [0.25, 0.3) is 5.91 Å². The van der Waals surface area contributed by atoms with Crippen molar-refractivity contribution >= 4 is 11.7 Å². The molecule has 0 aliphatic carbocycles. The molecule has 6 heteroatoms. The Morgan fingerprint density at radius 2 is 1.76 bits per heavy atom. The fourth-order valence-electron chi connectivity index (χ4n) is 3.83. The van der Waals surface area contributed by atoms with Crippen LogP contribution in [-0.2, 0) is 9.59 Å². The quantitative estimate of drug-likeness (QED) is 0.561. The van der Waals surface area contributed by atoms with Crippen LogP contribution in [0.4, 0.5) is 4.39 Å². The van der Waals surface area contributed by atoms with Crippen molar-refractivity contribution in [1.82, 2.24) is 9.80 Å². The lowest BCUT2D eigenvalue weighted by atomic mass is 9.96. The minimum Gasteiger partial charge on any atom is -0.503 e. The van der Waals surface area contributed by atoms with E-state index in [2.05, 4.69) is 18.7 Å². The molecule has 2 rings (SSSR count). The summed E-state index contributed by atoms with van der Waals surface area (Å²) in [4.78, 5) is 28.7. The zero-order valence-corrected chi connectivity index (χ0v) is 17.8. The second kappa shape index (κ2) is 11.1. The summed E-state index contributed by atoms with van der Waals surface area (Å²) in [6, 6.07) is 5.14. The maximum Gasteiger partial charge on any atom is 0.290 e. The highest BCUT2D eigenvalue weighted by Gasteiger charge is 2.42. The van der Waals surface area contributed by atoms with Crippen molar-refractivity contribution in [3.8, 4) is 0 Å². The molecule has 0 radical (unpaired) electrons. The number of aliphatic hydroxyl groups excluding tert-OH is 1. The molecule has 0 aromatic heterocycles. The van der Waals surface area contributed by atoms with E-state index in [1.807, 2.05) is 0 Å². The van der Waals surface area contributed by atoms with Gasteiger partial charge in [-0.05, 0) is 63.5 Å². The standard InChI is InChI=1S/C23H33FN2O3/c1-4-6-12-25(13-7-5-2)14-9-15-26-21(18-10-8-11-19(24)16-18)20(17(3)27)22(28)23(26)29/h8,10-11,16,21,28H,4-7,9,12-15H2,1-3H3. The summed E-state index contributed by atoms with van der Waals surface area (Å²) in [5.74, 6) is -1.88. The highest BCUT2D eigenvalue weighted by atomic mass is 19.1. The van der Waals surface area contributed by atoms with Crippen LogP contribution in [0.25, 0.3) is 0 Å². The molecule has 1 aromatic carbocycles. The second-order valence-corrected chi connectivity index (χ2v) is 7.68. The first-order valence-electron chi connectivity index (χ1n) is 10.6. The number of amides is 1. The van der Waals surface area contributed by atoms with Crippen LogP contribution in [0.15, 0.2) is 35.6 Å². The van der Waals surface area contributed by atoms with E-state index in [-0.39, 0.29) is 11.4 Å². The Kier molecular flexibility index (Phi) is 8.83. The number of carbonyl (C=O) groups excluding carboxylic acids is 2. The Bertz CT molecular complexity index is 739. The van der Waals surface area contributed by atoms with Crippen LogP contribution in [-0.4, -0.2) is 52.8 Å². The highest BCUT2D eigenvalue weighted by Crippen LogP contribution is 2.37.